The van der Waals surface area contributed by atoms with E-state index in [1.165, 1.54) is 10.5 Å². The van der Waals surface area contributed by atoms with Crippen LogP contribution in [0.15, 0.2) is 6.07 Å². The highest BCUT2D eigenvalue weighted by atomic mass is 19.3. The average Bonchev–Trinajstić information content (AvgIpc) is 2.73. The number of nitrogens with zero attached hydrogens (tertiary/aromatic N) is 2. The van der Waals surface area contributed by atoms with Crippen LogP contribution in [-0.4, -0.2) is 25.0 Å². The minimum atomic E-state index is -2.36. The largest absolute Gasteiger partial charge is 0.354 e. The number of alkyl halides is 2. The van der Waals surface area contributed by atoms with Gasteiger partial charge in [0, 0.05) is 24.8 Å². The molecule has 0 bridgehead atoms. The maximum atomic E-state index is 12.4. The van der Waals surface area contributed by atoms with Crippen LogP contribution in [-0.2, 0) is 19.4 Å². The van der Waals surface area contributed by atoms with Gasteiger partial charge in [-0.1, -0.05) is 0 Å². The van der Waals surface area contributed by atoms with E-state index in [1.54, 1.807) is 7.05 Å². The topological polar surface area (TPSA) is 42.2 Å². The fraction of sp³-hybridized carbons (Fsp3) is 0.583. The first-order valence-corrected chi connectivity index (χ1v) is 5.83. The molecule has 0 radical (unpaired) electrons. The van der Waals surface area contributed by atoms with Crippen LogP contribution in [0, 0.1) is 0 Å². The van der Waals surface area contributed by atoms with Crippen LogP contribution < -0.4 is 10.6 Å². The molecule has 0 atom stereocenters. The Morgan fingerprint density at radius 2 is 2.24 bits per heavy atom. The van der Waals surface area contributed by atoms with Crippen molar-refractivity contribution in [1.29, 1.82) is 0 Å². The molecule has 0 fully saturated rings. The Morgan fingerprint density at radius 1 is 1.47 bits per heavy atom. The number of anilines is 1. The molecule has 0 spiro atoms. The molecule has 0 aromatic carbocycles. The van der Waals surface area contributed by atoms with E-state index in [2.05, 4.69) is 4.98 Å². The maximum absolute atomic E-state index is 12.4. The summed E-state index contributed by atoms with van der Waals surface area (Å²) in [5, 5.41) is 0. The van der Waals surface area contributed by atoms with Gasteiger partial charge in [-0.25, -0.2) is 13.8 Å². The second-order valence-electron chi connectivity index (χ2n) is 4.41. The number of hydrogen-bond donors (Lipinski definition) is 1. The van der Waals surface area contributed by atoms with E-state index in [1.807, 2.05) is 6.07 Å². The molecule has 0 saturated heterocycles. The summed E-state index contributed by atoms with van der Waals surface area (Å²) >= 11 is 0. The summed E-state index contributed by atoms with van der Waals surface area (Å²) in [6, 6.07) is 2.02. The fourth-order valence-electron chi connectivity index (χ4n) is 2.28. The first-order chi connectivity index (χ1) is 8.11. The van der Waals surface area contributed by atoms with Crippen molar-refractivity contribution in [2.45, 2.75) is 32.2 Å². The molecule has 5 heteroatoms. The molecular formula is C12H17F2N3. The van der Waals surface area contributed by atoms with Gasteiger partial charge in [-0.3, -0.25) is 0 Å². The number of aryl methyl sites for hydroxylation is 2. The number of pyridine rings is 1. The summed E-state index contributed by atoms with van der Waals surface area (Å²) in [6.45, 7) is 0.0297. The monoisotopic (exact) mass is 241 g/mol. The molecular weight excluding hydrogens is 224 g/mol. The second-order valence-corrected chi connectivity index (χ2v) is 4.41. The van der Waals surface area contributed by atoms with Gasteiger partial charge >= 0.3 is 0 Å². The fourth-order valence-corrected chi connectivity index (χ4v) is 2.28. The van der Waals surface area contributed by atoms with Crippen LogP contribution in [0.25, 0.3) is 0 Å². The van der Waals surface area contributed by atoms with E-state index in [9.17, 15) is 8.78 Å². The Hall–Kier alpha value is -1.23. The van der Waals surface area contributed by atoms with E-state index in [4.69, 9.17) is 5.73 Å². The van der Waals surface area contributed by atoms with E-state index in [0.717, 1.165) is 30.5 Å². The standard InChI is InChI=1S/C12H17F2N3/c1-17(7-11(13)14)12-9(6-15)5-8-3-2-4-10(8)16-12/h5,11H,2-4,6-7,15H2,1H3. The summed E-state index contributed by atoms with van der Waals surface area (Å²) in [5.41, 5.74) is 8.78. The summed E-state index contributed by atoms with van der Waals surface area (Å²) in [7, 11) is 1.63. The molecule has 17 heavy (non-hydrogen) atoms. The Labute approximate surface area is 99.6 Å². The lowest BCUT2D eigenvalue weighted by Gasteiger charge is -2.21. The first kappa shape index (κ1) is 12.2. The van der Waals surface area contributed by atoms with Gasteiger partial charge in [-0.05, 0) is 30.9 Å². The number of fused-ring (bicyclic) bond motifs is 1. The Kier molecular flexibility index (Phi) is 3.57. The Bertz CT molecular complexity index is 407. The van der Waals surface area contributed by atoms with Crippen molar-refractivity contribution in [1.82, 2.24) is 4.98 Å². The van der Waals surface area contributed by atoms with Crippen LogP contribution in [0.3, 0.4) is 0 Å². The molecule has 1 aliphatic rings. The molecule has 94 valence electrons. The molecule has 3 nitrogen and oxygen atoms in total. The number of hydrogen-bond acceptors (Lipinski definition) is 3. The molecule has 1 aliphatic carbocycles. The quantitative estimate of drug-likeness (QED) is 0.873. The van der Waals surface area contributed by atoms with Crippen molar-refractivity contribution in [2.75, 3.05) is 18.5 Å². The lowest BCUT2D eigenvalue weighted by molar-refractivity contribution is 0.156. The van der Waals surface area contributed by atoms with Crippen LogP contribution in [0.4, 0.5) is 14.6 Å². The summed E-state index contributed by atoms with van der Waals surface area (Å²) < 4.78 is 24.8. The van der Waals surface area contributed by atoms with Gasteiger partial charge < -0.3 is 10.6 Å². The van der Waals surface area contributed by atoms with Crippen LogP contribution in [0.1, 0.15) is 23.2 Å². The number of halogens is 2. The third-order valence-corrected chi connectivity index (χ3v) is 3.10. The highest BCUT2D eigenvalue weighted by Gasteiger charge is 2.19. The van der Waals surface area contributed by atoms with Crippen molar-refractivity contribution in [2.24, 2.45) is 5.73 Å². The third kappa shape index (κ3) is 2.54. The van der Waals surface area contributed by atoms with Gasteiger partial charge in [-0.2, -0.15) is 0 Å². The zero-order valence-electron chi connectivity index (χ0n) is 9.92. The molecule has 1 heterocycles. The number of nitrogens with two attached hydrogens (primary N) is 1. The lowest BCUT2D eigenvalue weighted by atomic mass is 10.1. The minimum Gasteiger partial charge on any atom is -0.354 e. The van der Waals surface area contributed by atoms with Crippen LogP contribution in [0.2, 0.25) is 0 Å². The number of aromatic nitrogens is 1. The molecule has 0 amide bonds. The van der Waals surface area contributed by atoms with Crippen molar-refractivity contribution >= 4 is 5.82 Å². The lowest BCUT2D eigenvalue weighted by Crippen LogP contribution is -2.27. The maximum Gasteiger partial charge on any atom is 0.255 e. The highest BCUT2D eigenvalue weighted by molar-refractivity contribution is 5.50. The molecule has 2 N–H and O–H groups in total. The van der Waals surface area contributed by atoms with Crippen molar-refractivity contribution in [3.63, 3.8) is 0 Å². The van der Waals surface area contributed by atoms with Crippen molar-refractivity contribution in [3.05, 3.63) is 22.9 Å². The van der Waals surface area contributed by atoms with Gasteiger partial charge in [0.05, 0.1) is 6.54 Å². The molecule has 0 saturated carbocycles. The van der Waals surface area contributed by atoms with Gasteiger partial charge in [0.25, 0.3) is 6.43 Å². The van der Waals surface area contributed by atoms with E-state index in [0.29, 0.717) is 12.4 Å². The Morgan fingerprint density at radius 3 is 2.88 bits per heavy atom. The Balaban J connectivity index is 2.32. The minimum absolute atomic E-state index is 0.307. The van der Waals surface area contributed by atoms with E-state index in [-0.39, 0.29) is 6.54 Å². The molecule has 1 aromatic heterocycles. The normalized spacial score (nSPS) is 14.2. The van der Waals surface area contributed by atoms with Crippen LogP contribution >= 0.6 is 0 Å². The summed E-state index contributed by atoms with van der Waals surface area (Å²) in [6.07, 6.45) is 0.693. The highest BCUT2D eigenvalue weighted by Crippen LogP contribution is 2.26. The zero-order chi connectivity index (χ0) is 12.4. The van der Waals surface area contributed by atoms with Crippen LogP contribution in [0.5, 0.6) is 0 Å². The molecule has 1 aromatic rings. The van der Waals surface area contributed by atoms with E-state index < -0.39 is 6.43 Å². The average molecular weight is 241 g/mol. The summed E-state index contributed by atoms with van der Waals surface area (Å²) in [5.74, 6) is 0.605. The molecule has 0 unspecified atom stereocenters. The predicted molar refractivity (Wildman–Crippen MR) is 63.4 cm³/mol. The first-order valence-electron chi connectivity index (χ1n) is 5.83. The molecule has 2 rings (SSSR count). The van der Waals surface area contributed by atoms with Gasteiger partial charge in [0.15, 0.2) is 0 Å². The van der Waals surface area contributed by atoms with Crippen molar-refractivity contribution < 1.29 is 8.78 Å². The smallest absolute Gasteiger partial charge is 0.255 e. The predicted octanol–water partition coefficient (Wildman–Crippen LogP) is 1.73. The van der Waals surface area contributed by atoms with Crippen molar-refractivity contribution in [3.8, 4) is 0 Å². The number of rotatable bonds is 4. The van der Waals surface area contributed by atoms with Gasteiger partial charge in [0.1, 0.15) is 5.82 Å². The third-order valence-electron chi connectivity index (χ3n) is 3.10. The molecule has 0 aliphatic heterocycles. The van der Waals surface area contributed by atoms with E-state index >= 15 is 0 Å². The summed E-state index contributed by atoms with van der Waals surface area (Å²) in [4.78, 5) is 5.98. The van der Waals surface area contributed by atoms with Gasteiger partial charge in [0.2, 0.25) is 0 Å². The zero-order valence-corrected chi connectivity index (χ0v) is 9.92. The second kappa shape index (κ2) is 4.96. The SMILES string of the molecule is CN(CC(F)F)c1nc2c(cc1CN)CCC2. The van der Waals surface area contributed by atoms with Gasteiger partial charge in [-0.15, -0.1) is 0 Å².